The van der Waals surface area contributed by atoms with Gasteiger partial charge in [0, 0.05) is 0 Å². The van der Waals surface area contributed by atoms with Gasteiger partial charge in [-0.1, -0.05) is 90.1 Å². The number of hydrogen-bond donors (Lipinski definition) is 0. The van der Waals surface area contributed by atoms with Crippen LogP contribution in [0.1, 0.15) is 41.5 Å². The summed E-state index contributed by atoms with van der Waals surface area (Å²) in [5.41, 5.74) is 5.24. The van der Waals surface area contributed by atoms with Gasteiger partial charge in [-0.25, -0.2) is 0 Å². The standard InChI is InChI=1S/C22H14.C11H22Si/c1-2-6-16-10-20-14-22-12-18-8-4-3-7-17(18)11-21(22)13-19(20)9-15(16)5-1;1-8-12(9(2)3,10(4)5)11(6)7/h1-14H;1,9-11H,2-7H3. The molecule has 0 spiro atoms. The lowest BCUT2D eigenvalue weighted by Crippen LogP contribution is -2.43. The van der Waals surface area contributed by atoms with Gasteiger partial charge in [-0.3, -0.25) is 0 Å². The van der Waals surface area contributed by atoms with E-state index in [9.17, 15) is 0 Å². The van der Waals surface area contributed by atoms with Gasteiger partial charge < -0.3 is 0 Å². The van der Waals surface area contributed by atoms with E-state index < -0.39 is 8.07 Å². The second-order valence-corrected chi connectivity index (χ2v) is 16.1. The quantitative estimate of drug-likeness (QED) is 0.143. The van der Waals surface area contributed by atoms with Crippen molar-refractivity contribution in [3.63, 3.8) is 0 Å². The molecule has 1 heteroatoms. The normalized spacial score (nSPS) is 12.0. The van der Waals surface area contributed by atoms with Crippen LogP contribution in [0, 0.1) is 12.0 Å². The van der Waals surface area contributed by atoms with Crippen LogP contribution in [-0.4, -0.2) is 8.07 Å². The van der Waals surface area contributed by atoms with Crippen molar-refractivity contribution in [1.29, 1.82) is 0 Å². The molecule has 0 aliphatic carbocycles. The lowest BCUT2D eigenvalue weighted by atomic mass is 9.97. The van der Waals surface area contributed by atoms with Crippen LogP contribution in [0.5, 0.6) is 0 Å². The van der Waals surface area contributed by atoms with E-state index in [2.05, 4.69) is 132 Å². The van der Waals surface area contributed by atoms with Crippen LogP contribution >= 0.6 is 0 Å². The summed E-state index contributed by atoms with van der Waals surface area (Å²) in [6, 6.07) is 30.9. The van der Waals surface area contributed by atoms with Crippen molar-refractivity contribution >= 4 is 51.2 Å². The molecule has 0 nitrogen and oxygen atoms in total. The van der Waals surface area contributed by atoms with Crippen LogP contribution in [0.15, 0.2) is 84.9 Å². The maximum atomic E-state index is 5.72. The van der Waals surface area contributed by atoms with Crippen molar-refractivity contribution in [2.45, 2.75) is 58.2 Å². The smallest absolute Gasteiger partial charge is 0.134 e. The number of hydrogen-bond acceptors (Lipinski definition) is 0. The van der Waals surface area contributed by atoms with Crippen LogP contribution in [-0.2, 0) is 0 Å². The highest BCUT2D eigenvalue weighted by molar-refractivity contribution is 6.90. The molecule has 0 fully saturated rings. The molecule has 0 saturated carbocycles. The maximum Gasteiger partial charge on any atom is 0.145 e. The molecule has 5 aromatic carbocycles. The Hall–Kier alpha value is -3.08. The molecular weight excluding hydrogens is 424 g/mol. The van der Waals surface area contributed by atoms with Crippen LogP contribution < -0.4 is 0 Å². The Balaban J connectivity index is 0.000000197. The van der Waals surface area contributed by atoms with Crippen LogP contribution in [0.3, 0.4) is 0 Å². The SMILES string of the molecule is C#C[Si](C(C)C)(C(C)C)C(C)C.c1ccc2cc3cc4cc5ccccc5cc4cc3cc2c1. The van der Waals surface area contributed by atoms with Crippen molar-refractivity contribution in [2.75, 3.05) is 0 Å². The number of fused-ring (bicyclic) bond motifs is 4. The Morgan fingerprint density at radius 1 is 0.471 bits per heavy atom. The number of terminal acetylenes is 1. The van der Waals surface area contributed by atoms with E-state index >= 15 is 0 Å². The minimum absolute atomic E-state index is 0.697. The van der Waals surface area contributed by atoms with E-state index in [0.29, 0.717) is 16.6 Å². The second kappa shape index (κ2) is 9.65. The largest absolute Gasteiger partial charge is 0.145 e. The van der Waals surface area contributed by atoms with Crippen LogP contribution in [0.4, 0.5) is 0 Å². The zero-order chi connectivity index (χ0) is 24.5. The predicted molar refractivity (Wildman–Crippen MR) is 156 cm³/mol. The van der Waals surface area contributed by atoms with Crippen LogP contribution in [0.25, 0.3) is 43.1 Å². The van der Waals surface area contributed by atoms with Gasteiger partial charge in [0.05, 0.1) is 0 Å². The van der Waals surface area contributed by atoms with Crippen molar-refractivity contribution in [1.82, 2.24) is 0 Å². The first-order chi connectivity index (χ1) is 16.3. The second-order valence-electron chi connectivity index (χ2n) is 10.5. The first kappa shape index (κ1) is 24.1. The molecule has 172 valence electrons. The highest BCUT2D eigenvalue weighted by atomic mass is 28.3. The van der Waals surface area contributed by atoms with E-state index in [1.54, 1.807) is 0 Å². The summed E-state index contributed by atoms with van der Waals surface area (Å²) in [6.45, 7) is 13.7. The lowest BCUT2D eigenvalue weighted by molar-refractivity contribution is 0.838. The van der Waals surface area contributed by atoms with Gasteiger partial charge in [0.25, 0.3) is 0 Å². The predicted octanol–water partition coefficient (Wildman–Crippen LogP) is 10.1. The zero-order valence-electron chi connectivity index (χ0n) is 21.4. The van der Waals surface area contributed by atoms with Gasteiger partial charge in [-0.15, -0.1) is 12.0 Å². The van der Waals surface area contributed by atoms with Gasteiger partial charge in [-0.2, -0.15) is 0 Å². The first-order valence-electron chi connectivity index (χ1n) is 12.5. The fraction of sp³-hybridized carbons (Fsp3) is 0.273. The third-order valence-electron chi connectivity index (χ3n) is 7.64. The average molecular weight is 461 g/mol. The average Bonchev–Trinajstić information content (AvgIpc) is 2.80. The number of rotatable bonds is 3. The van der Waals surface area contributed by atoms with E-state index in [1.165, 1.54) is 43.1 Å². The van der Waals surface area contributed by atoms with Gasteiger partial charge in [0.15, 0.2) is 0 Å². The molecule has 0 aliphatic heterocycles. The Bertz CT molecular complexity index is 1290. The molecule has 0 unspecified atom stereocenters. The first-order valence-corrected chi connectivity index (χ1v) is 14.7. The third-order valence-corrected chi connectivity index (χ3v) is 13.9. The molecule has 0 saturated heterocycles. The molecule has 0 bridgehead atoms. The van der Waals surface area contributed by atoms with Crippen molar-refractivity contribution in [3.05, 3.63) is 84.9 Å². The molecule has 5 aromatic rings. The summed E-state index contributed by atoms with van der Waals surface area (Å²) in [6.07, 6.45) is 5.72. The molecule has 0 heterocycles. The minimum Gasteiger partial charge on any atom is -0.134 e. The van der Waals surface area contributed by atoms with Crippen molar-refractivity contribution < 1.29 is 0 Å². The highest BCUT2D eigenvalue weighted by Gasteiger charge is 2.41. The molecule has 0 N–H and O–H groups in total. The minimum atomic E-state index is -1.47. The molecule has 0 aliphatic rings. The van der Waals surface area contributed by atoms with E-state index in [-0.39, 0.29) is 0 Å². The zero-order valence-corrected chi connectivity index (χ0v) is 22.4. The molecular formula is C33H36Si. The Labute approximate surface area is 206 Å². The molecule has 34 heavy (non-hydrogen) atoms. The summed E-state index contributed by atoms with van der Waals surface area (Å²) in [4.78, 5) is 0. The Morgan fingerprint density at radius 3 is 0.882 bits per heavy atom. The lowest BCUT2D eigenvalue weighted by Gasteiger charge is -2.37. The van der Waals surface area contributed by atoms with Gasteiger partial charge in [0.2, 0.25) is 0 Å². The molecule has 0 radical (unpaired) electrons. The summed E-state index contributed by atoms with van der Waals surface area (Å²) in [5, 5.41) is 10.4. The van der Waals surface area contributed by atoms with E-state index in [4.69, 9.17) is 6.42 Å². The molecule has 5 rings (SSSR count). The van der Waals surface area contributed by atoms with Gasteiger partial charge in [-0.05, 0) is 96.1 Å². The van der Waals surface area contributed by atoms with E-state index in [1.807, 2.05) is 0 Å². The monoisotopic (exact) mass is 460 g/mol. The molecule has 0 amide bonds. The summed E-state index contributed by atoms with van der Waals surface area (Å²) in [5.74, 6) is 0. The summed E-state index contributed by atoms with van der Waals surface area (Å²) in [7, 11) is -1.47. The van der Waals surface area contributed by atoms with Gasteiger partial charge >= 0.3 is 0 Å². The number of benzene rings is 5. The fourth-order valence-corrected chi connectivity index (χ4v) is 10.9. The molecule has 0 aromatic heterocycles. The third kappa shape index (κ3) is 4.36. The fourth-order valence-electron chi connectivity index (χ4n) is 5.89. The topological polar surface area (TPSA) is 0 Å². The Kier molecular flexibility index (Phi) is 6.83. The van der Waals surface area contributed by atoms with Crippen molar-refractivity contribution in [3.8, 4) is 12.0 Å². The van der Waals surface area contributed by atoms with Gasteiger partial charge in [0.1, 0.15) is 8.07 Å². The summed E-state index contributed by atoms with van der Waals surface area (Å²) < 4.78 is 0. The van der Waals surface area contributed by atoms with Crippen molar-refractivity contribution in [2.24, 2.45) is 0 Å². The molecule has 0 atom stereocenters. The summed E-state index contributed by atoms with van der Waals surface area (Å²) >= 11 is 0. The van der Waals surface area contributed by atoms with E-state index in [0.717, 1.165) is 0 Å². The van der Waals surface area contributed by atoms with Crippen LogP contribution in [0.2, 0.25) is 16.6 Å². The maximum absolute atomic E-state index is 5.72. The highest BCUT2D eigenvalue weighted by Crippen LogP contribution is 2.40. The Morgan fingerprint density at radius 2 is 0.706 bits per heavy atom.